The van der Waals surface area contributed by atoms with Gasteiger partial charge in [0, 0.05) is 11.1 Å². The Kier molecular flexibility index (Phi) is 0.957. The summed E-state index contributed by atoms with van der Waals surface area (Å²) in [5, 5.41) is 0. The Morgan fingerprint density at radius 1 is 1.58 bits per heavy atom. The van der Waals surface area contributed by atoms with E-state index in [-0.39, 0.29) is 0 Å². The minimum atomic E-state index is 0.328. The average Bonchev–Trinajstić information content (AvgIpc) is 2.77. The maximum absolute atomic E-state index is 4.56. The van der Waals surface area contributed by atoms with E-state index in [1.54, 1.807) is 0 Å². The fourth-order valence-electron chi connectivity index (χ4n) is 2.19. The van der Waals surface area contributed by atoms with Gasteiger partial charge in [-0.15, -0.1) is 0 Å². The molecular weight excluding hydrogens is 146 g/mol. The number of aliphatic imine (C=N–C) groups is 1. The highest BCUT2D eigenvalue weighted by Crippen LogP contribution is 2.62. The van der Waals surface area contributed by atoms with Crippen LogP contribution in [0.1, 0.15) is 13.3 Å². The fourth-order valence-corrected chi connectivity index (χ4v) is 2.19. The largest absolute Gasteiger partial charge is 0.257 e. The van der Waals surface area contributed by atoms with Crippen LogP contribution in [0, 0.1) is 11.3 Å². The van der Waals surface area contributed by atoms with Gasteiger partial charge in [0.05, 0.1) is 5.70 Å². The highest BCUT2D eigenvalue weighted by Gasteiger charge is 2.55. The molecule has 3 rings (SSSR count). The van der Waals surface area contributed by atoms with E-state index in [9.17, 15) is 0 Å². The highest BCUT2D eigenvalue weighted by molar-refractivity contribution is 5.95. The van der Waals surface area contributed by atoms with Gasteiger partial charge in [-0.25, -0.2) is 0 Å². The molecule has 3 aliphatic rings. The molecule has 0 amide bonds. The van der Waals surface area contributed by atoms with E-state index in [0.717, 1.165) is 11.6 Å². The summed E-state index contributed by atoms with van der Waals surface area (Å²) in [4.78, 5) is 4.56. The van der Waals surface area contributed by atoms with Gasteiger partial charge in [-0.3, -0.25) is 4.99 Å². The Hall–Kier alpha value is -1.11. The molecule has 1 aliphatic heterocycles. The second-order valence-corrected chi connectivity index (χ2v) is 3.87. The third kappa shape index (κ3) is 0.619. The first-order valence-electron chi connectivity index (χ1n) is 4.45. The van der Waals surface area contributed by atoms with Gasteiger partial charge >= 0.3 is 0 Å². The Labute approximate surface area is 72.2 Å². The van der Waals surface area contributed by atoms with Crippen molar-refractivity contribution in [2.75, 3.05) is 0 Å². The van der Waals surface area contributed by atoms with Crippen LogP contribution in [0.15, 0.2) is 41.1 Å². The molecule has 1 spiro atoms. The molecule has 1 heteroatoms. The van der Waals surface area contributed by atoms with Crippen LogP contribution in [0.25, 0.3) is 0 Å². The Balaban J connectivity index is 2.15. The van der Waals surface area contributed by atoms with E-state index >= 15 is 0 Å². The third-order valence-corrected chi connectivity index (χ3v) is 3.05. The number of dihydropyridines is 1. The lowest BCUT2D eigenvalue weighted by Crippen LogP contribution is -2.10. The van der Waals surface area contributed by atoms with Crippen molar-refractivity contribution in [1.82, 2.24) is 0 Å². The zero-order valence-corrected chi connectivity index (χ0v) is 7.12. The Morgan fingerprint density at radius 3 is 3.42 bits per heavy atom. The number of nitrogens with zero attached hydrogens (tertiary/aromatic N) is 1. The molecule has 1 nitrogen and oxygen atoms in total. The van der Waals surface area contributed by atoms with Crippen LogP contribution in [-0.2, 0) is 0 Å². The van der Waals surface area contributed by atoms with E-state index < -0.39 is 0 Å². The summed E-state index contributed by atoms with van der Waals surface area (Å²) in [6.45, 7) is 2.06. The summed E-state index contributed by atoms with van der Waals surface area (Å²) in [6.07, 6.45) is 12.3. The van der Waals surface area contributed by atoms with Crippen LogP contribution in [-0.4, -0.2) is 5.71 Å². The van der Waals surface area contributed by atoms with E-state index in [1.807, 2.05) is 0 Å². The standard InChI is InChI=1S/C11H11N/c1-8-5-6-11-7-9(11)3-2-4-10(11)12-8/h2-6,9H,7H2,1H3. The van der Waals surface area contributed by atoms with E-state index in [1.165, 1.54) is 12.1 Å². The first-order chi connectivity index (χ1) is 5.81. The molecule has 2 unspecified atom stereocenters. The van der Waals surface area contributed by atoms with Gasteiger partial charge in [-0.1, -0.05) is 18.2 Å². The molecule has 0 aromatic carbocycles. The van der Waals surface area contributed by atoms with Gasteiger partial charge in [-0.2, -0.15) is 0 Å². The van der Waals surface area contributed by atoms with Crippen molar-refractivity contribution < 1.29 is 0 Å². The lowest BCUT2D eigenvalue weighted by molar-refractivity contribution is 0.706. The first kappa shape index (κ1) is 6.41. The SMILES string of the molecule is CC1=NC2=CC=CC3CC23C=C1. The molecule has 1 heterocycles. The Bertz CT molecular complexity index is 357. The normalized spacial score (nSPS) is 41.2. The summed E-state index contributed by atoms with van der Waals surface area (Å²) >= 11 is 0. The predicted molar refractivity (Wildman–Crippen MR) is 50.0 cm³/mol. The topological polar surface area (TPSA) is 12.4 Å². The molecule has 0 N–H and O–H groups in total. The van der Waals surface area contributed by atoms with Crippen molar-refractivity contribution in [1.29, 1.82) is 0 Å². The molecular formula is C11H11N. The summed E-state index contributed by atoms with van der Waals surface area (Å²) in [5.41, 5.74) is 2.73. The van der Waals surface area contributed by atoms with Crippen LogP contribution in [0.5, 0.6) is 0 Å². The van der Waals surface area contributed by atoms with Crippen LogP contribution in [0.3, 0.4) is 0 Å². The smallest absolute Gasteiger partial charge is 0.0512 e. The minimum absolute atomic E-state index is 0.328. The second-order valence-electron chi connectivity index (χ2n) is 3.87. The molecule has 12 heavy (non-hydrogen) atoms. The predicted octanol–water partition coefficient (Wildman–Crippen LogP) is 2.48. The zero-order valence-electron chi connectivity index (χ0n) is 7.12. The molecule has 1 fully saturated rings. The van der Waals surface area contributed by atoms with E-state index in [4.69, 9.17) is 0 Å². The monoisotopic (exact) mass is 157 g/mol. The van der Waals surface area contributed by atoms with Crippen LogP contribution in [0.2, 0.25) is 0 Å². The lowest BCUT2D eigenvalue weighted by atomic mass is 9.92. The minimum Gasteiger partial charge on any atom is -0.257 e. The summed E-state index contributed by atoms with van der Waals surface area (Å²) in [6, 6.07) is 0. The van der Waals surface area contributed by atoms with Gasteiger partial charge < -0.3 is 0 Å². The van der Waals surface area contributed by atoms with Crippen molar-refractivity contribution in [3.05, 3.63) is 36.1 Å². The zero-order chi connectivity index (χ0) is 8.18. The molecule has 0 radical (unpaired) electrons. The highest BCUT2D eigenvalue weighted by atomic mass is 14.8. The quantitative estimate of drug-likeness (QED) is 0.512. The van der Waals surface area contributed by atoms with Crippen LogP contribution in [0.4, 0.5) is 0 Å². The van der Waals surface area contributed by atoms with Gasteiger partial charge in [0.25, 0.3) is 0 Å². The van der Waals surface area contributed by atoms with E-state index in [2.05, 4.69) is 42.3 Å². The van der Waals surface area contributed by atoms with Crippen LogP contribution < -0.4 is 0 Å². The second kappa shape index (κ2) is 1.79. The first-order valence-corrected chi connectivity index (χ1v) is 4.45. The van der Waals surface area contributed by atoms with Crippen LogP contribution >= 0.6 is 0 Å². The Morgan fingerprint density at radius 2 is 2.50 bits per heavy atom. The number of hydrogen-bond donors (Lipinski definition) is 0. The van der Waals surface area contributed by atoms with E-state index in [0.29, 0.717) is 5.41 Å². The number of hydrogen-bond acceptors (Lipinski definition) is 1. The summed E-state index contributed by atoms with van der Waals surface area (Å²) in [5.74, 6) is 0.741. The molecule has 0 bridgehead atoms. The lowest BCUT2D eigenvalue weighted by Gasteiger charge is -2.19. The number of allylic oxidation sites excluding steroid dienone is 5. The average molecular weight is 157 g/mol. The summed E-state index contributed by atoms with van der Waals surface area (Å²) < 4.78 is 0. The summed E-state index contributed by atoms with van der Waals surface area (Å²) in [7, 11) is 0. The third-order valence-electron chi connectivity index (χ3n) is 3.05. The molecule has 2 aliphatic carbocycles. The van der Waals surface area contributed by atoms with Gasteiger partial charge in [0.15, 0.2) is 0 Å². The molecule has 0 aromatic heterocycles. The molecule has 0 saturated heterocycles. The van der Waals surface area contributed by atoms with Gasteiger partial charge in [-0.05, 0) is 31.4 Å². The van der Waals surface area contributed by atoms with Crippen molar-refractivity contribution in [3.63, 3.8) is 0 Å². The van der Waals surface area contributed by atoms with Crippen molar-refractivity contribution >= 4 is 5.71 Å². The van der Waals surface area contributed by atoms with Crippen molar-refractivity contribution in [2.24, 2.45) is 16.3 Å². The molecule has 2 atom stereocenters. The van der Waals surface area contributed by atoms with Gasteiger partial charge in [0.2, 0.25) is 0 Å². The maximum atomic E-state index is 4.56. The van der Waals surface area contributed by atoms with Gasteiger partial charge in [0.1, 0.15) is 0 Å². The molecule has 60 valence electrons. The number of rotatable bonds is 0. The van der Waals surface area contributed by atoms with Crippen molar-refractivity contribution in [3.8, 4) is 0 Å². The fraction of sp³-hybridized carbons (Fsp3) is 0.364. The van der Waals surface area contributed by atoms with Crippen molar-refractivity contribution in [2.45, 2.75) is 13.3 Å². The molecule has 1 saturated carbocycles. The maximum Gasteiger partial charge on any atom is 0.0512 e. The molecule has 0 aromatic rings.